The zero-order valence-electron chi connectivity index (χ0n) is 11.2. The summed E-state index contributed by atoms with van der Waals surface area (Å²) in [6.07, 6.45) is 3.20. The Labute approximate surface area is 130 Å². The average Bonchev–Trinajstić information content (AvgIpc) is 2.54. The van der Waals surface area contributed by atoms with Gasteiger partial charge >= 0.3 is 0 Å². The van der Waals surface area contributed by atoms with Crippen LogP contribution in [0.1, 0.15) is 16.2 Å². The van der Waals surface area contributed by atoms with E-state index in [0.717, 1.165) is 0 Å². The van der Waals surface area contributed by atoms with E-state index in [9.17, 15) is 14.9 Å². The van der Waals surface area contributed by atoms with Gasteiger partial charge in [0.25, 0.3) is 11.6 Å². The highest BCUT2D eigenvalue weighted by Crippen LogP contribution is 2.11. The van der Waals surface area contributed by atoms with Gasteiger partial charge in [-0.1, -0.05) is 0 Å². The highest BCUT2D eigenvalue weighted by Gasteiger charge is 2.10. The van der Waals surface area contributed by atoms with Crippen LogP contribution in [0.2, 0.25) is 0 Å². The quantitative estimate of drug-likeness (QED) is 0.495. The van der Waals surface area contributed by atoms with Crippen molar-refractivity contribution in [3.05, 3.63) is 64.2 Å². The maximum Gasteiger partial charge on any atom is 0.269 e. The minimum absolute atomic E-state index is 0.0847. The maximum atomic E-state index is 11.9. The smallest absolute Gasteiger partial charge is 0.269 e. The summed E-state index contributed by atoms with van der Waals surface area (Å²) in [6.45, 7) is 0.278. The third-order valence-electron chi connectivity index (χ3n) is 2.59. The van der Waals surface area contributed by atoms with E-state index in [2.05, 4.69) is 20.6 Å². The first-order chi connectivity index (χ1) is 10.6. The molecule has 22 heavy (non-hydrogen) atoms. The van der Waals surface area contributed by atoms with Gasteiger partial charge in [0.1, 0.15) is 5.82 Å². The van der Waals surface area contributed by atoms with Crippen molar-refractivity contribution >= 4 is 28.9 Å². The molecule has 0 atom stereocenters. The van der Waals surface area contributed by atoms with Gasteiger partial charge in [-0.3, -0.25) is 20.2 Å². The molecule has 9 heteroatoms. The largest absolute Gasteiger partial charge is 0.355 e. The summed E-state index contributed by atoms with van der Waals surface area (Å²) in [6, 6.07) is 6.91. The molecule has 2 N–H and O–H groups in total. The second-order valence-electron chi connectivity index (χ2n) is 4.11. The van der Waals surface area contributed by atoms with E-state index in [-0.39, 0.29) is 22.9 Å². The fourth-order valence-electron chi connectivity index (χ4n) is 1.53. The average molecular weight is 317 g/mol. The van der Waals surface area contributed by atoms with Gasteiger partial charge in [0.05, 0.1) is 11.5 Å². The van der Waals surface area contributed by atoms with Crippen LogP contribution in [0.3, 0.4) is 0 Å². The van der Waals surface area contributed by atoms with Crippen molar-refractivity contribution in [2.75, 3.05) is 0 Å². The highest BCUT2D eigenvalue weighted by atomic mass is 32.1. The summed E-state index contributed by atoms with van der Waals surface area (Å²) in [7, 11) is 0. The van der Waals surface area contributed by atoms with Crippen molar-refractivity contribution in [2.24, 2.45) is 0 Å². The SMILES string of the molecule is O=C(NC(=S)NCc1ncccn1)c1ccc([N+](=O)[O-])cc1. The van der Waals surface area contributed by atoms with Crippen molar-refractivity contribution in [1.29, 1.82) is 0 Å². The highest BCUT2D eigenvalue weighted by molar-refractivity contribution is 7.80. The van der Waals surface area contributed by atoms with Crippen LogP contribution < -0.4 is 10.6 Å². The number of amides is 1. The van der Waals surface area contributed by atoms with Gasteiger partial charge in [0.2, 0.25) is 0 Å². The number of hydrogen-bond acceptors (Lipinski definition) is 6. The molecule has 0 radical (unpaired) electrons. The number of rotatable bonds is 4. The number of benzene rings is 1. The normalized spacial score (nSPS) is 9.82. The lowest BCUT2D eigenvalue weighted by molar-refractivity contribution is -0.384. The van der Waals surface area contributed by atoms with Gasteiger partial charge in [0.15, 0.2) is 5.11 Å². The van der Waals surface area contributed by atoms with Crippen LogP contribution in [0, 0.1) is 10.1 Å². The van der Waals surface area contributed by atoms with Crippen LogP contribution in [0.15, 0.2) is 42.7 Å². The molecule has 0 aliphatic carbocycles. The molecule has 0 saturated heterocycles. The number of carbonyl (C=O) groups is 1. The van der Waals surface area contributed by atoms with E-state index in [4.69, 9.17) is 12.2 Å². The number of nitrogens with one attached hydrogen (secondary N) is 2. The Morgan fingerprint density at radius 3 is 2.45 bits per heavy atom. The van der Waals surface area contributed by atoms with E-state index in [1.54, 1.807) is 18.5 Å². The summed E-state index contributed by atoms with van der Waals surface area (Å²) in [5, 5.41) is 15.9. The van der Waals surface area contributed by atoms with Gasteiger partial charge in [-0.15, -0.1) is 0 Å². The summed E-state index contributed by atoms with van der Waals surface area (Å²) >= 11 is 4.99. The molecule has 0 bridgehead atoms. The van der Waals surface area contributed by atoms with E-state index in [1.165, 1.54) is 24.3 Å². The molecule has 0 saturated carbocycles. The van der Waals surface area contributed by atoms with E-state index in [0.29, 0.717) is 5.82 Å². The molecule has 112 valence electrons. The van der Waals surface area contributed by atoms with Crippen LogP contribution in [0.5, 0.6) is 0 Å². The summed E-state index contributed by atoms with van der Waals surface area (Å²) in [4.78, 5) is 29.9. The molecule has 2 aromatic rings. The minimum atomic E-state index is -0.534. The van der Waals surface area contributed by atoms with Crippen molar-refractivity contribution in [2.45, 2.75) is 6.54 Å². The molecular formula is C13H11N5O3S. The second kappa shape index (κ2) is 7.18. The summed E-state index contributed by atoms with van der Waals surface area (Å²) in [5.41, 5.74) is 0.184. The molecule has 0 aliphatic heterocycles. The number of carbonyl (C=O) groups excluding carboxylic acids is 1. The van der Waals surface area contributed by atoms with Gasteiger partial charge in [0, 0.05) is 30.1 Å². The molecule has 1 amide bonds. The van der Waals surface area contributed by atoms with Crippen molar-refractivity contribution < 1.29 is 9.72 Å². The van der Waals surface area contributed by atoms with Gasteiger partial charge in [-0.2, -0.15) is 0 Å². The number of nitrogens with zero attached hydrogens (tertiary/aromatic N) is 3. The molecule has 8 nitrogen and oxygen atoms in total. The summed E-state index contributed by atoms with van der Waals surface area (Å²) < 4.78 is 0. The van der Waals surface area contributed by atoms with E-state index in [1.807, 2.05) is 0 Å². The van der Waals surface area contributed by atoms with Gasteiger partial charge in [-0.25, -0.2) is 9.97 Å². The predicted octanol–water partition coefficient (Wildman–Crippen LogP) is 1.19. The van der Waals surface area contributed by atoms with Gasteiger partial charge in [-0.05, 0) is 30.4 Å². The number of thiocarbonyl (C=S) groups is 1. The fourth-order valence-corrected chi connectivity index (χ4v) is 1.70. The zero-order valence-corrected chi connectivity index (χ0v) is 12.0. The van der Waals surface area contributed by atoms with Crippen molar-refractivity contribution in [1.82, 2.24) is 20.6 Å². The van der Waals surface area contributed by atoms with Crippen molar-refractivity contribution in [3.8, 4) is 0 Å². The Balaban J connectivity index is 1.88. The van der Waals surface area contributed by atoms with Crippen LogP contribution >= 0.6 is 12.2 Å². The predicted molar refractivity (Wildman–Crippen MR) is 82.0 cm³/mol. The fraction of sp³-hybridized carbons (Fsp3) is 0.0769. The van der Waals surface area contributed by atoms with Crippen molar-refractivity contribution in [3.63, 3.8) is 0 Å². The van der Waals surface area contributed by atoms with E-state index >= 15 is 0 Å². The molecule has 0 unspecified atom stereocenters. The number of hydrogen-bond donors (Lipinski definition) is 2. The number of nitro groups is 1. The lowest BCUT2D eigenvalue weighted by atomic mass is 10.2. The van der Waals surface area contributed by atoms with Crippen LogP contribution in [-0.4, -0.2) is 25.9 Å². The second-order valence-corrected chi connectivity index (χ2v) is 4.51. The minimum Gasteiger partial charge on any atom is -0.355 e. The number of nitro benzene ring substituents is 1. The summed E-state index contributed by atoms with van der Waals surface area (Å²) in [5.74, 6) is 0.0795. The molecule has 1 heterocycles. The zero-order chi connectivity index (χ0) is 15.9. The van der Waals surface area contributed by atoms with Crippen LogP contribution in [0.25, 0.3) is 0 Å². The molecule has 1 aromatic carbocycles. The topological polar surface area (TPSA) is 110 Å². The first-order valence-electron chi connectivity index (χ1n) is 6.16. The number of aromatic nitrogens is 2. The Morgan fingerprint density at radius 2 is 1.86 bits per heavy atom. The monoisotopic (exact) mass is 317 g/mol. The maximum absolute atomic E-state index is 11.9. The van der Waals surface area contributed by atoms with Crippen LogP contribution in [-0.2, 0) is 6.54 Å². The first-order valence-corrected chi connectivity index (χ1v) is 6.56. The Bertz CT molecular complexity index is 691. The lowest BCUT2D eigenvalue weighted by Crippen LogP contribution is -2.39. The molecule has 0 fully saturated rings. The molecule has 0 aliphatic rings. The Kier molecular flexibility index (Phi) is 5.04. The molecular weight excluding hydrogens is 306 g/mol. The van der Waals surface area contributed by atoms with E-state index < -0.39 is 10.8 Å². The van der Waals surface area contributed by atoms with Crippen LogP contribution in [0.4, 0.5) is 5.69 Å². The van der Waals surface area contributed by atoms with Gasteiger partial charge < -0.3 is 5.32 Å². The molecule has 2 rings (SSSR count). The third-order valence-corrected chi connectivity index (χ3v) is 2.84. The standard InChI is InChI=1S/C13H11N5O3S/c19-12(9-2-4-10(5-3-9)18(20)21)17-13(22)16-8-11-14-6-1-7-15-11/h1-7H,8H2,(H2,16,17,19,22). The third kappa shape index (κ3) is 4.28. The lowest BCUT2D eigenvalue weighted by Gasteiger charge is -2.08. The Hall–Kier alpha value is -2.94. The first kappa shape index (κ1) is 15.4. The number of non-ortho nitro benzene ring substituents is 1. The Morgan fingerprint density at radius 1 is 1.23 bits per heavy atom. The molecule has 1 aromatic heterocycles. The molecule has 0 spiro atoms.